The molecule has 1 amide bonds. The minimum absolute atomic E-state index is 0.0536. The minimum atomic E-state index is -3.89. The Kier molecular flexibility index (Phi) is 5.02. The fourth-order valence-corrected chi connectivity index (χ4v) is 5.64. The maximum atomic E-state index is 13.3. The van der Waals surface area contributed by atoms with Gasteiger partial charge in [0.15, 0.2) is 0 Å². The highest BCUT2D eigenvalue weighted by Gasteiger charge is 2.47. The Morgan fingerprint density at radius 2 is 1.93 bits per heavy atom. The van der Waals surface area contributed by atoms with Crippen molar-refractivity contribution in [1.29, 1.82) is 0 Å². The number of amides is 1. The van der Waals surface area contributed by atoms with Crippen LogP contribution in [0.4, 0.5) is 0 Å². The van der Waals surface area contributed by atoms with Crippen LogP contribution in [-0.2, 0) is 14.6 Å². The normalized spacial score (nSPS) is 23.1. The van der Waals surface area contributed by atoms with E-state index in [-0.39, 0.29) is 21.4 Å². The van der Waals surface area contributed by atoms with E-state index < -0.39 is 27.6 Å². The van der Waals surface area contributed by atoms with Crippen LogP contribution < -0.4 is 9.47 Å². The van der Waals surface area contributed by atoms with Crippen molar-refractivity contribution in [1.82, 2.24) is 4.90 Å². The molecule has 0 unspecified atom stereocenters. The number of rotatable bonds is 4. The SMILES string of the molecule is COc1ccccc1S(=O)(=O)c1ccc2c(c1)[C@@H](N1CCCC1=O)[C@H](O)C(C)(C)O2. The van der Waals surface area contributed by atoms with Crippen molar-refractivity contribution in [2.75, 3.05) is 13.7 Å². The predicted molar refractivity (Wildman–Crippen MR) is 109 cm³/mol. The zero-order valence-electron chi connectivity index (χ0n) is 17.2. The zero-order valence-corrected chi connectivity index (χ0v) is 18.0. The van der Waals surface area contributed by atoms with Crippen LogP contribution in [-0.4, -0.2) is 49.7 Å². The number of ether oxygens (including phenoxy) is 2. The number of benzene rings is 2. The van der Waals surface area contributed by atoms with E-state index in [2.05, 4.69) is 0 Å². The van der Waals surface area contributed by atoms with Gasteiger partial charge in [-0.15, -0.1) is 0 Å². The summed E-state index contributed by atoms with van der Waals surface area (Å²) in [4.78, 5) is 14.2. The molecule has 2 aromatic rings. The van der Waals surface area contributed by atoms with Crippen molar-refractivity contribution >= 4 is 15.7 Å². The summed E-state index contributed by atoms with van der Waals surface area (Å²) in [7, 11) is -2.47. The molecule has 1 fully saturated rings. The van der Waals surface area contributed by atoms with Crippen LogP contribution in [0.15, 0.2) is 52.3 Å². The van der Waals surface area contributed by atoms with E-state index in [0.717, 1.165) is 0 Å². The molecule has 0 aliphatic carbocycles. The molecule has 2 aliphatic rings. The van der Waals surface area contributed by atoms with Crippen LogP contribution in [0.3, 0.4) is 0 Å². The van der Waals surface area contributed by atoms with Crippen LogP contribution in [0.5, 0.6) is 11.5 Å². The number of carbonyl (C=O) groups is 1. The maximum Gasteiger partial charge on any atom is 0.223 e. The fourth-order valence-electron chi connectivity index (χ4n) is 4.18. The first-order valence-electron chi connectivity index (χ1n) is 9.85. The molecule has 2 atom stereocenters. The fraction of sp³-hybridized carbons (Fsp3) is 0.409. The van der Waals surface area contributed by atoms with Gasteiger partial charge < -0.3 is 19.5 Å². The maximum absolute atomic E-state index is 13.3. The monoisotopic (exact) mass is 431 g/mol. The molecule has 4 rings (SSSR count). The molecule has 0 radical (unpaired) electrons. The van der Waals surface area contributed by atoms with Gasteiger partial charge in [-0.05, 0) is 50.6 Å². The van der Waals surface area contributed by atoms with Gasteiger partial charge in [-0.1, -0.05) is 12.1 Å². The summed E-state index contributed by atoms with van der Waals surface area (Å²) in [5.41, 5.74) is -0.433. The van der Waals surface area contributed by atoms with Crippen LogP contribution >= 0.6 is 0 Å². The molecule has 2 aromatic carbocycles. The number of carbonyl (C=O) groups excluding carboxylic acids is 1. The molecule has 0 bridgehead atoms. The van der Waals surface area contributed by atoms with Crippen molar-refractivity contribution in [3.8, 4) is 11.5 Å². The number of likely N-dealkylation sites (tertiary alicyclic amines) is 1. The Morgan fingerprint density at radius 3 is 2.60 bits per heavy atom. The Labute approximate surface area is 176 Å². The van der Waals surface area contributed by atoms with E-state index in [4.69, 9.17) is 9.47 Å². The minimum Gasteiger partial charge on any atom is -0.495 e. The highest BCUT2D eigenvalue weighted by Crippen LogP contribution is 2.45. The molecule has 160 valence electrons. The lowest BCUT2D eigenvalue weighted by Crippen LogP contribution is -2.53. The Hall–Kier alpha value is -2.58. The Balaban J connectivity index is 1.86. The number of hydrogen-bond acceptors (Lipinski definition) is 6. The van der Waals surface area contributed by atoms with Crippen LogP contribution in [0.25, 0.3) is 0 Å². The van der Waals surface area contributed by atoms with Gasteiger partial charge in [0.1, 0.15) is 28.1 Å². The number of para-hydroxylation sites is 1. The second-order valence-electron chi connectivity index (χ2n) is 8.14. The van der Waals surface area contributed by atoms with Gasteiger partial charge in [0.25, 0.3) is 0 Å². The average molecular weight is 432 g/mol. The summed E-state index contributed by atoms with van der Waals surface area (Å²) in [6, 6.07) is 10.3. The lowest BCUT2D eigenvalue weighted by atomic mass is 9.85. The molecule has 1 N–H and O–H groups in total. The number of aliphatic hydroxyl groups is 1. The summed E-state index contributed by atoms with van der Waals surface area (Å²) in [5, 5.41) is 11.0. The van der Waals surface area contributed by atoms with E-state index in [1.54, 1.807) is 43.0 Å². The lowest BCUT2D eigenvalue weighted by molar-refractivity contribution is -0.139. The van der Waals surface area contributed by atoms with Gasteiger partial charge in [-0.25, -0.2) is 8.42 Å². The lowest BCUT2D eigenvalue weighted by Gasteiger charge is -2.45. The van der Waals surface area contributed by atoms with Crippen LogP contribution in [0.2, 0.25) is 0 Å². The Bertz CT molecular complexity index is 1090. The standard InChI is InChI=1S/C22H25NO6S/c1-22(2)21(25)20(23-12-6-9-19(23)24)15-13-14(10-11-16(15)29-22)30(26,27)18-8-5-4-7-17(18)28-3/h4-5,7-8,10-11,13,20-21,25H,6,9,12H2,1-3H3/t20-,21+/m1/s1. The molecule has 0 aromatic heterocycles. The number of hydrogen-bond donors (Lipinski definition) is 1. The molecular formula is C22H25NO6S. The van der Waals surface area contributed by atoms with E-state index in [9.17, 15) is 18.3 Å². The molecule has 0 spiro atoms. The molecule has 30 heavy (non-hydrogen) atoms. The summed E-state index contributed by atoms with van der Waals surface area (Å²) >= 11 is 0. The number of fused-ring (bicyclic) bond motifs is 1. The number of nitrogens with zero attached hydrogens (tertiary/aromatic N) is 1. The third-order valence-electron chi connectivity index (χ3n) is 5.80. The van der Waals surface area contributed by atoms with E-state index in [1.807, 2.05) is 0 Å². The van der Waals surface area contributed by atoms with Crippen LogP contribution in [0.1, 0.15) is 38.3 Å². The third-order valence-corrected chi connectivity index (χ3v) is 7.59. The van der Waals surface area contributed by atoms with Gasteiger partial charge in [-0.2, -0.15) is 0 Å². The molecule has 0 saturated carbocycles. The zero-order chi connectivity index (χ0) is 21.7. The first-order valence-corrected chi connectivity index (χ1v) is 11.3. The van der Waals surface area contributed by atoms with E-state index in [0.29, 0.717) is 30.7 Å². The van der Waals surface area contributed by atoms with Gasteiger partial charge >= 0.3 is 0 Å². The number of aliphatic hydroxyl groups excluding tert-OH is 1. The van der Waals surface area contributed by atoms with Gasteiger partial charge in [-0.3, -0.25) is 4.79 Å². The molecule has 7 nitrogen and oxygen atoms in total. The highest BCUT2D eigenvalue weighted by atomic mass is 32.2. The second kappa shape index (κ2) is 7.28. The largest absolute Gasteiger partial charge is 0.495 e. The summed E-state index contributed by atoms with van der Waals surface area (Å²) < 4.78 is 37.9. The summed E-state index contributed by atoms with van der Waals surface area (Å²) in [6.45, 7) is 4.03. The third kappa shape index (κ3) is 3.24. The van der Waals surface area contributed by atoms with E-state index >= 15 is 0 Å². The highest BCUT2D eigenvalue weighted by molar-refractivity contribution is 7.91. The first-order chi connectivity index (χ1) is 14.2. The van der Waals surface area contributed by atoms with Gasteiger partial charge in [0, 0.05) is 18.5 Å². The van der Waals surface area contributed by atoms with Crippen molar-refractivity contribution < 1.29 is 27.8 Å². The van der Waals surface area contributed by atoms with Crippen LogP contribution in [0, 0.1) is 0 Å². The topological polar surface area (TPSA) is 93.1 Å². The van der Waals surface area contributed by atoms with Crippen molar-refractivity contribution in [3.63, 3.8) is 0 Å². The van der Waals surface area contributed by atoms with Gasteiger partial charge in [0.2, 0.25) is 15.7 Å². The molecule has 2 heterocycles. The number of sulfone groups is 1. The second-order valence-corrected chi connectivity index (χ2v) is 10.1. The van der Waals surface area contributed by atoms with Crippen molar-refractivity contribution in [3.05, 3.63) is 48.0 Å². The average Bonchev–Trinajstić information content (AvgIpc) is 3.13. The smallest absolute Gasteiger partial charge is 0.223 e. The quantitative estimate of drug-likeness (QED) is 0.800. The molecular weight excluding hydrogens is 406 g/mol. The van der Waals surface area contributed by atoms with Crippen molar-refractivity contribution in [2.45, 2.75) is 54.2 Å². The number of methoxy groups -OCH3 is 1. The van der Waals surface area contributed by atoms with E-state index in [1.165, 1.54) is 25.3 Å². The summed E-state index contributed by atoms with van der Waals surface area (Å²) in [6.07, 6.45) is 0.118. The predicted octanol–water partition coefficient (Wildman–Crippen LogP) is 2.72. The van der Waals surface area contributed by atoms with Crippen molar-refractivity contribution in [2.24, 2.45) is 0 Å². The molecule has 8 heteroatoms. The first kappa shape index (κ1) is 20.7. The molecule has 2 aliphatic heterocycles. The Morgan fingerprint density at radius 1 is 1.20 bits per heavy atom. The van der Waals surface area contributed by atoms with Gasteiger partial charge in [0.05, 0.1) is 18.0 Å². The summed E-state index contributed by atoms with van der Waals surface area (Å²) in [5.74, 6) is 0.661. The molecule has 1 saturated heterocycles.